The molecule has 6 nitrogen and oxygen atoms in total. The van der Waals surface area contributed by atoms with Crippen LogP contribution in [0.1, 0.15) is 60.1 Å². The van der Waals surface area contributed by atoms with Gasteiger partial charge in [0.1, 0.15) is 11.9 Å². The van der Waals surface area contributed by atoms with Crippen LogP contribution in [0.25, 0.3) is 0 Å². The van der Waals surface area contributed by atoms with Gasteiger partial charge in [0.15, 0.2) is 9.84 Å². The number of carbonyl (C=O) groups excluding carboxylic acids is 2. The van der Waals surface area contributed by atoms with Crippen molar-refractivity contribution in [1.29, 1.82) is 0 Å². The fourth-order valence-electron chi connectivity index (χ4n) is 4.68. The maximum Gasteiger partial charge on any atom is 0.416 e. The number of carbonyl (C=O) groups is 2. The maximum absolute atomic E-state index is 14.7. The number of hydrogen-bond acceptors (Lipinski definition) is 4. The summed E-state index contributed by atoms with van der Waals surface area (Å²) in [5, 5.41) is 2.78. The maximum atomic E-state index is 14.7. The summed E-state index contributed by atoms with van der Waals surface area (Å²) in [6.07, 6.45) is -1.41. The summed E-state index contributed by atoms with van der Waals surface area (Å²) >= 11 is 0. The Bertz CT molecular complexity index is 1290. The highest BCUT2D eigenvalue weighted by atomic mass is 32.2. The zero-order chi connectivity index (χ0) is 26.4. The topological polar surface area (TPSA) is 83.6 Å². The highest BCUT2D eigenvalue weighted by molar-refractivity contribution is 7.90. The molecular formula is C25H26F4N2O4S. The number of benzene rings is 2. The number of amides is 2. The van der Waals surface area contributed by atoms with E-state index >= 15 is 0 Å². The molecule has 0 radical (unpaired) electrons. The van der Waals surface area contributed by atoms with E-state index in [1.165, 1.54) is 29.2 Å². The van der Waals surface area contributed by atoms with Gasteiger partial charge in [-0.1, -0.05) is 12.1 Å². The van der Waals surface area contributed by atoms with Gasteiger partial charge in [-0.2, -0.15) is 13.2 Å². The molecule has 1 saturated carbocycles. The third-order valence-corrected chi connectivity index (χ3v) is 7.88. The number of rotatable bonds is 6. The summed E-state index contributed by atoms with van der Waals surface area (Å²) in [7, 11) is -3.55. The Morgan fingerprint density at radius 2 is 1.75 bits per heavy atom. The van der Waals surface area contributed by atoms with Gasteiger partial charge >= 0.3 is 6.18 Å². The third-order valence-electron chi connectivity index (χ3n) is 6.77. The average Bonchev–Trinajstić information content (AvgIpc) is 3.57. The third kappa shape index (κ3) is 5.40. The van der Waals surface area contributed by atoms with Gasteiger partial charge < -0.3 is 10.2 Å². The molecule has 1 unspecified atom stereocenters. The van der Waals surface area contributed by atoms with Gasteiger partial charge in [-0.3, -0.25) is 9.59 Å². The largest absolute Gasteiger partial charge is 0.416 e. The Morgan fingerprint density at radius 3 is 2.33 bits per heavy atom. The van der Waals surface area contributed by atoms with Crippen molar-refractivity contribution in [3.8, 4) is 0 Å². The van der Waals surface area contributed by atoms with E-state index in [4.69, 9.17) is 0 Å². The van der Waals surface area contributed by atoms with Crippen LogP contribution in [-0.2, 0) is 20.8 Å². The van der Waals surface area contributed by atoms with Crippen molar-refractivity contribution in [1.82, 2.24) is 10.2 Å². The molecule has 1 saturated heterocycles. The lowest BCUT2D eigenvalue weighted by Crippen LogP contribution is -2.49. The van der Waals surface area contributed by atoms with Crippen molar-refractivity contribution in [2.24, 2.45) is 5.92 Å². The van der Waals surface area contributed by atoms with Crippen LogP contribution in [0, 0.1) is 11.7 Å². The molecule has 1 aliphatic carbocycles. The van der Waals surface area contributed by atoms with Gasteiger partial charge in [-0.15, -0.1) is 0 Å². The summed E-state index contributed by atoms with van der Waals surface area (Å²) in [6.45, 7) is 1.78. The molecule has 2 amide bonds. The second-order valence-corrected chi connectivity index (χ2v) is 11.5. The molecule has 1 heterocycles. The molecule has 1 aliphatic heterocycles. The molecule has 2 aromatic carbocycles. The van der Waals surface area contributed by atoms with Gasteiger partial charge in [0, 0.05) is 23.4 Å². The lowest BCUT2D eigenvalue weighted by Gasteiger charge is -2.30. The van der Waals surface area contributed by atoms with Crippen molar-refractivity contribution < 1.29 is 35.6 Å². The van der Waals surface area contributed by atoms with E-state index < -0.39 is 51.3 Å². The first-order chi connectivity index (χ1) is 16.8. The minimum Gasteiger partial charge on any atom is -0.347 e. The van der Waals surface area contributed by atoms with Crippen LogP contribution in [0.2, 0.25) is 0 Å². The molecule has 11 heteroatoms. The van der Waals surface area contributed by atoms with E-state index in [1.807, 2.05) is 0 Å². The van der Waals surface area contributed by atoms with Crippen molar-refractivity contribution in [2.45, 2.75) is 61.8 Å². The second-order valence-electron chi connectivity index (χ2n) is 9.51. The average molecular weight is 527 g/mol. The van der Waals surface area contributed by atoms with Crippen LogP contribution in [0.4, 0.5) is 17.6 Å². The van der Waals surface area contributed by atoms with Crippen molar-refractivity contribution in [3.63, 3.8) is 0 Å². The van der Waals surface area contributed by atoms with Crippen LogP contribution in [0.5, 0.6) is 0 Å². The molecule has 3 atom stereocenters. The van der Waals surface area contributed by atoms with Crippen molar-refractivity contribution in [2.75, 3.05) is 6.26 Å². The summed E-state index contributed by atoms with van der Waals surface area (Å²) < 4.78 is 77.4. The number of alkyl halides is 3. The van der Waals surface area contributed by atoms with E-state index in [1.54, 1.807) is 6.92 Å². The van der Waals surface area contributed by atoms with Crippen LogP contribution in [0.3, 0.4) is 0 Å². The lowest BCUT2D eigenvalue weighted by atomic mass is 9.99. The number of nitrogens with zero attached hydrogens (tertiary/aromatic N) is 1. The molecule has 4 rings (SSSR count). The SMILES string of the molecule is C[C@@H]1CC[C@H](C(=O)NC(c2ccc(C(F)(F)F)cc2F)C2CC2)N1C(=O)c1cccc(S(C)(=O)=O)c1. The van der Waals surface area contributed by atoms with Crippen molar-refractivity contribution in [3.05, 3.63) is 65.0 Å². The summed E-state index contributed by atoms with van der Waals surface area (Å²) in [6, 6.07) is 5.84. The smallest absolute Gasteiger partial charge is 0.347 e. The highest BCUT2D eigenvalue weighted by Crippen LogP contribution is 2.43. The monoisotopic (exact) mass is 526 g/mol. The first-order valence-corrected chi connectivity index (χ1v) is 13.5. The second kappa shape index (κ2) is 9.49. The van der Waals surface area contributed by atoms with Gasteiger partial charge in [-0.25, -0.2) is 12.8 Å². The molecule has 36 heavy (non-hydrogen) atoms. The first kappa shape index (κ1) is 26.1. The fraction of sp³-hybridized carbons (Fsp3) is 0.440. The van der Waals surface area contributed by atoms with Gasteiger partial charge in [0.2, 0.25) is 5.91 Å². The fourth-order valence-corrected chi connectivity index (χ4v) is 5.34. The molecule has 2 fully saturated rings. The predicted octanol–water partition coefficient (Wildman–Crippen LogP) is 4.51. The Balaban J connectivity index is 1.57. The van der Waals surface area contributed by atoms with Crippen LogP contribution >= 0.6 is 0 Å². The van der Waals surface area contributed by atoms with Gasteiger partial charge in [0.25, 0.3) is 5.91 Å². The Labute approximate surface area is 206 Å². The molecule has 0 aromatic heterocycles. The molecule has 0 spiro atoms. The summed E-state index contributed by atoms with van der Waals surface area (Å²) in [4.78, 5) is 28.0. The zero-order valence-corrected chi connectivity index (χ0v) is 20.5. The normalized spacial score (nSPS) is 21.3. The molecular weight excluding hydrogens is 500 g/mol. The van der Waals surface area contributed by atoms with E-state index in [0.717, 1.165) is 18.4 Å². The van der Waals surface area contributed by atoms with E-state index in [0.29, 0.717) is 31.7 Å². The summed E-state index contributed by atoms with van der Waals surface area (Å²) in [5.41, 5.74) is -1.01. The van der Waals surface area contributed by atoms with E-state index in [2.05, 4.69) is 5.32 Å². The molecule has 0 bridgehead atoms. The van der Waals surface area contributed by atoms with Crippen molar-refractivity contribution >= 4 is 21.7 Å². The van der Waals surface area contributed by atoms with Crippen LogP contribution in [0.15, 0.2) is 47.4 Å². The van der Waals surface area contributed by atoms with Crippen LogP contribution < -0.4 is 5.32 Å². The number of likely N-dealkylation sites (tertiary alicyclic amines) is 1. The Morgan fingerprint density at radius 1 is 1.06 bits per heavy atom. The zero-order valence-electron chi connectivity index (χ0n) is 19.7. The molecule has 1 N–H and O–H groups in total. The predicted molar refractivity (Wildman–Crippen MR) is 123 cm³/mol. The summed E-state index contributed by atoms with van der Waals surface area (Å²) in [5.74, 6) is -2.19. The lowest BCUT2D eigenvalue weighted by molar-refractivity contribution is -0.137. The Hall–Kier alpha value is -2.95. The number of sulfone groups is 1. The quantitative estimate of drug-likeness (QED) is 0.562. The number of nitrogens with one attached hydrogen (secondary N) is 1. The highest BCUT2D eigenvalue weighted by Gasteiger charge is 2.42. The molecule has 2 aromatic rings. The molecule has 194 valence electrons. The van der Waals surface area contributed by atoms with E-state index in [9.17, 15) is 35.6 Å². The Kier molecular flexibility index (Phi) is 6.89. The number of hydrogen-bond donors (Lipinski definition) is 1. The van der Waals surface area contributed by atoms with Gasteiger partial charge in [0.05, 0.1) is 16.5 Å². The minimum atomic E-state index is -4.69. The number of halogens is 4. The standard InChI is InChI=1S/C25H26F4N2O4S/c1-14-6-11-21(31(14)24(33)16-4-3-5-18(12-16)36(2,34)35)23(32)30-22(15-7-8-15)19-10-9-17(13-20(19)26)25(27,28)29/h3-5,9-10,12-15,21-22H,6-8,11H2,1-2H3,(H,30,32)/t14-,21-,22?/m1/s1. The molecule has 2 aliphatic rings. The first-order valence-electron chi connectivity index (χ1n) is 11.6. The van der Waals surface area contributed by atoms with E-state index in [-0.39, 0.29) is 28.0 Å². The minimum absolute atomic E-state index is 0.0206. The van der Waals surface area contributed by atoms with Gasteiger partial charge in [-0.05, 0) is 68.9 Å². The van der Waals surface area contributed by atoms with Crippen LogP contribution in [-0.4, -0.2) is 43.5 Å².